The van der Waals surface area contributed by atoms with Crippen LogP contribution < -0.4 is 10.1 Å². The van der Waals surface area contributed by atoms with Crippen LogP contribution >= 0.6 is 11.6 Å². The lowest BCUT2D eigenvalue weighted by atomic mass is 10.1. The number of halogens is 1. The van der Waals surface area contributed by atoms with Gasteiger partial charge < -0.3 is 15.0 Å². The minimum atomic E-state index is 0.260. The van der Waals surface area contributed by atoms with Gasteiger partial charge in [-0.3, -0.25) is 4.79 Å². The fourth-order valence-electron chi connectivity index (χ4n) is 3.26. The Balaban J connectivity index is 1.52. The van der Waals surface area contributed by atoms with E-state index in [-0.39, 0.29) is 5.91 Å². The summed E-state index contributed by atoms with van der Waals surface area (Å²) in [4.78, 5) is 18.4. The molecule has 0 aromatic heterocycles. The van der Waals surface area contributed by atoms with E-state index >= 15 is 0 Å². The summed E-state index contributed by atoms with van der Waals surface area (Å²) in [5.41, 5.74) is 1.61. The van der Waals surface area contributed by atoms with Crippen LogP contribution in [0.4, 0.5) is 5.69 Å². The highest BCUT2D eigenvalue weighted by molar-refractivity contribution is 6.31. The first-order chi connectivity index (χ1) is 12.7. The average molecular weight is 370 g/mol. The molecule has 0 radical (unpaired) electrons. The van der Waals surface area contributed by atoms with Gasteiger partial charge in [-0.2, -0.15) is 0 Å². The first-order valence-corrected chi connectivity index (χ1v) is 9.26. The molecule has 1 amide bonds. The van der Waals surface area contributed by atoms with Gasteiger partial charge in [0.2, 0.25) is 5.91 Å². The summed E-state index contributed by atoms with van der Waals surface area (Å²) in [7, 11) is 0. The van der Waals surface area contributed by atoms with E-state index in [2.05, 4.69) is 5.32 Å². The number of carbonyl (C=O) groups is 1. The lowest BCUT2D eigenvalue weighted by molar-refractivity contribution is -0.127. The van der Waals surface area contributed by atoms with Crippen molar-refractivity contribution in [2.75, 3.05) is 19.6 Å². The van der Waals surface area contributed by atoms with Crippen molar-refractivity contribution in [3.63, 3.8) is 0 Å². The van der Waals surface area contributed by atoms with E-state index in [1.165, 1.54) is 0 Å². The molecule has 0 atom stereocenters. The van der Waals surface area contributed by atoms with Gasteiger partial charge in [0.05, 0.1) is 5.56 Å². The lowest BCUT2D eigenvalue weighted by Crippen LogP contribution is -2.31. The van der Waals surface area contributed by atoms with Crippen molar-refractivity contribution in [1.29, 1.82) is 0 Å². The third kappa shape index (κ3) is 3.53. The molecule has 2 aliphatic heterocycles. The maximum atomic E-state index is 11.7. The molecule has 4 rings (SSSR count). The number of fused-ring (bicyclic) bond motifs is 2. The minimum absolute atomic E-state index is 0.260. The van der Waals surface area contributed by atoms with Crippen molar-refractivity contribution in [3.05, 3.63) is 53.1 Å². The number of likely N-dealkylation sites (tertiary alicyclic amines) is 1. The Labute approximate surface area is 157 Å². The molecule has 0 saturated carbocycles. The monoisotopic (exact) mass is 369 g/mol. The first-order valence-electron chi connectivity index (χ1n) is 8.88. The number of rotatable bonds is 4. The standard InChI is InChI=1S/C20H20ClN3O2/c21-14-8-9-17-15(13-14)20(23-16-5-1-2-6-18(16)26-17)22-10-4-12-24-11-3-7-19(24)25/h1-2,5-6,8-9,13H,3-4,7,10-12H2,(H,22,23). The van der Waals surface area contributed by atoms with Crippen LogP contribution in [0.3, 0.4) is 0 Å². The molecule has 5 nitrogen and oxygen atoms in total. The predicted molar refractivity (Wildman–Crippen MR) is 103 cm³/mol. The second-order valence-corrected chi connectivity index (χ2v) is 6.87. The third-order valence-corrected chi connectivity index (χ3v) is 4.82. The molecule has 0 spiro atoms. The highest BCUT2D eigenvalue weighted by Crippen LogP contribution is 2.37. The van der Waals surface area contributed by atoms with E-state index in [1.54, 1.807) is 0 Å². The minimum Gasteiger partial charge on any atom is -0.454 e. The van der Waals surface area contributed by atoms with Gasteiger partial charge in [0.1, 0.15) is 17.3 Å². The number of para-hydroxylation sites is 2. The molecule has 1 N–H and O–H groups in total. The summed E-state index contributed by atoms with van der Waals surface area (Å²) in [6.45, 7) is 2.37. The smallest absolute Gasteiger partial charge is 0.222 e. The van der Waals surface area contributed by atoms with Gasteiger partial charge in [-0.1, -0.05) is 23.7 Å². The summed E-state index contributed by atoms with van der Waals surface area (Å²) < 4.78 is 6.02. The summed E-state index contributed by atoms with van der Waals surface area (Å²) in [5.74, 6) is 2.44. The predicted octanol–water partition coefficient (Wildman–Crippen LogP) is 4.13. The van der Waals surface area contributed by atoms with E-state index in [4.69, 9.17) is 21.3 Å². The second kappa shape index (κ2) is 7.38. The molecule has 2 heterocycles. The first kappa shape index (κ1) is 16.9. The number of aliphatic imine (C=N–C) groups is 1. The SMILES string of the molecule is O=C1CCCN1CCCNC1=Nc2ccccc2Oc2ccc(Cl)cc21. The lowest BCUT2D eigenvalue weighted by Gasteiger charge is -2.16. The number of nitrogens with one attached hydrogen (secondary N) is 1. The Morgan fingerprint density at radius 2 is 2.08 bits per heavy atom. The molecule has 134 valence electrons. The molecule has 1 fully saturated rings. The largest absolute Gasteiger partial charge is 0.454 e. The van der Waals surface area contributed by atoms with Crippen LogP contribution in [-0.2, 0) is 4.79 Å². The zero-order chi connectivity index (χ0) is 17.9. The van der Waals surface area contributed by atoms with Crippen molar-refractivity contribution >= 4 is 29.0 Å². The van der Waals surface area contributed by atoms with Crippen molar-refractivity contribution in [3.8, 4) is 11.5 Å². The van der Waals surface area contributed by atoms with Gasteiger partial charge in [0.15, 0.2) is 5.75 Å². The maximum absolute atomic E-state index is 11.7. The van der Waals surface area contributed by atoms with Gasteiger partial charge in [0.25, 0.3) is 0 Å². The Kier molecular flexibility index (Phi) is 4.80. The van der Waals surface area contributed by atoms with Crippen LogP contribution in [0.25, 0.3) is 0 Å². The maximum Gasteiger partial charge on any atom is 0.222 e. The van der Waals surface area contributed by atoms with Crippen LogP contribution in [0.5, 0.6) is 11.5 Å². The molecule has 26 heavy (non-hydrogen) atoms. The molecule has 2 aliphatic rings. The second-order valence-electron chi connectivity index (χ2n) is 6.44. The number of benzene rings is 2. The summed E-state index contributed by atoms with van der Waals surface area (Å²) in [6.07, 6.45) is 2.52. The van der Waals surface area contributed by atoms with E-state index in [1.807, 2.05) is 47.4 Å². The topological polar surface area (TPSA) is 53.9 Å². The van der Waals surface area contributed by atoms with Crippen LogP contribution in [0.1, 0.15) is 24.8 Å². The summed E-state index contributed by atoms with van der Waals surface area (Å²) in [6, 6.07) is 13.2. The van der Waals surface area contributed by atoms with Crippen molar-refractivity contribution in [2.45, 2.75) is 19.3 Å². The fraction of sp³-hybridized carbons (Fsp3) is 0.300. The number of amidine groups is 1. The van der Waals surface area contributed by atoms with Crippen molar-refractivity contribution in [1.82, 2.24) is 10.2 Å². The van der Waals surface area contributed by atoms with Gasteiger partial charge in [-0.05, 0) is 43.2 Å². The molecule has 1 saturated heterocycles. The van der Waals surface area contributed by atoms with Crippen LogP contribution in [0.15, 0.2) is 47.5 Å². The number of amides is 1. The highest BCUT2D eigenvalue weighted by Gasteiger charge is 2.20. The number of hydrogen-bond donors (Lipinski definition) is 1. The van der Waals surface area contributed by atoms with E-state index in [9.17, 15) is 4.79 Å². The van der Waals surface area contributed by atoms with Crippen LogP contribution in [0, 0.1) is 0 Å². The van der Waals surface area contributed by atoms with E-state index in [0.29, 0.717) is 11.4 Å². The normalized spacial score (nSPS) is 15.7. The number of nitrogens with zero attached hydrogens (tertiary/aromatic N) is 2. The summed E-state index contributed by atoms with van der Waals surface area (Å²) in [5, 5.41) is 4.03. The van der Waals surface area contributed by atoms with Gasteiger partial charge in [-0.25, -0.2) is 4.99 Å². The Hall–Kier alpha value is -2.53. The van der Waals surface area contributed by atoms with Gasteiger partial charge in [0, 0.05) is 31.1 Å². The Morgan fingerprint density at radius 3 is 2.92 bits per heavy atom. The quantitative estimate of drug-likeness (QED) is 0.824. The average Bonchev–Trinajstić information content (AvgIpc) is 2.98. The van der Waals surface area contributed by atoms with Crippen molar-refractivity contribution in [2.24, 2.45) is 4.99 Å². The number of hydrogen-bond acceptors (Lipinski definition) is 4. The molecular weight excluding hydrogens is 350 g/mol. The highest BCUT2D eigenvalue weighted by atomic mass is 35.5. The molecular formula is C20H20ClN3O2. The molecule has 2 aromatic rings. The molecule has 0 unspecified atom stereocenters. The molecule has 0 bridgehead atoms. The molecule has 2 aromatic carbocycles. The molecule has 0 aliphatic carbocycles. The van der Waals surface area contributed by atoms with Crippen LogP contribution in [-0.4, -0.2) is 36.3 Å². The molecule has 6 heteroatoms. The van der Waals surface area contributed by atoms with Crippen LogP contribution in [0.2, 0.25) is 5.02 Å². The van der Waals surface area contributed by atoms with E-state index < -0.39 is 0 Å². The van der Waals surface area contributed by atoms with Gasteiger partial charge in [-0.15, -0.1) is 0 Å². The number of carbonyl (C=O) groups excluding carboxylic acids is 1. The Bertz CT molecular complexity index is 866. The van der Waals surface area contributed by atoms with Crippen molar-refractivity contribution < 1.29 is 9.53 Å². The summed E-state index contributed by atoms with van der Waals surface area (Å²) >= 11 is 6.19. The third-order valence-electron chi connectivity index (χ3n) is 4.58. The van der Waals surface area contributed by atoms with Gasteiger partial charge >= 0.3 is 0 Å². The van der Waals surface area contributed by atoms with E-state index in [0.717, 1.165) is 61.1 Å². The Morgan fingerprint density at radius 1 is 1.19 bits per heavy atom. The fourth-order valence-corrected chi connectivity index (χ4v) is 3.44. The zero-order valence-corrected chi connectivity index (χ0v) is 15.1. The number of ether oxygens (including phenoxy) is 1. The zero-order valence-electron chi connectivity index (χ0n) is 14.4.